The zero-order chi connectivity index (χ0) is 21.8. The monoisotopic (exact) mass is 412 g/mol. The number of rotatable bonds is 4. The summed E-state index contributed by atoms with van der Waals surface area (Å²) in [6.07, 6.45) is 15.3. The van der Waals surface area contributed by atoms with Crippen molar-refractivity contribution >= 4 is 0 Å². The first-order valence-electron chi connectivity index (χ1n) is 13.1. The van der Waals surface area contributed by atoms with Gasteiger partial charge < -0.3 is 5.11 Å². The Hall–Kier alpha value is -0.560. The van der Waals surface area contributed by atoms with Gasteiger partial charge in [-0.05, 0) is 111 Å². The summed E-state index contributed by atoms with van der Waals surface area (Å²) < 4.78 is 0. The quantitative estimate of drug-likeness (QED) is 0.467. The molecule has 0 saturated heterocycles. The van der Waals surface area contributed by atoms with Crippen LogP contribution in [0.2, 0.25) is 0 Å². The fourth-order valence-electron chi connectivity index (χ4n) is 8.75. The summed E-state index contributed by atoms with van der Waals surface area (Å²) in [4.78, 5) is 0. The minimum absolute atomic E-state index is 0.0882. The zero-order valence-corrected chi connectivity index (χ0v) is 20.9. The Labute approximate surface area is 186 Å². The lowest BCUT2D eigenvalue weighted by atomic mass is 9.47. The predicted octanol–water partition coefficient (Wildman–Crippen LogP) is 7.80. The molecule has 0 heterocycles. The molecule has 4 aliphatic rings. The fraction of sp³-hybridized carbons (Fsp3) is 0.862. The van der Waals surface area contributed by atoms with Crippen molar-refractivity contribution in [3.05, 3.63) is 23.3 Å². The van der Waals surface area contributed by atoms with Crippen LogP contribution in [0.3, 0.4) is 0 Å². The third kappa shape index (κ3) is 3.56. The molecule has 1 nitrogen and oxygen atoms in total. The molecule has 170 valence electrons. The molecule has 0 radical (unpaired) electrons. The smallest absolute Gasteiger partial charge is 0.0577 e. The Morgan fingerprint density at radius 3 is 2.47 bits per heavy atom. The summed E-state index contributed by atoms with van der Waals surface area (Å²) in [6, 6.07) is 0. The SMILES string of the molecule is CC(=C[C@@H](C)[C@H]1CC[C@H]2[C@@H]3CC=C4C[C@H](O)CC[C@]4(C)[C@H]3CC[C@]12C)C(C)C(C)C. The van der Waals surface area contributed by atoms with Crippen LogP contribution in [-0.2, 0) is 0 Å². The Morgan fingerprint density at radius 2 is 1.77 bits per heavy atom. The van der Waals surface area contributed by atoms with Crippen molar-refractivity contribution in [1.29, 1.82) is 0 Å². The third-order valence-electron chi connectivity index (χ3n) is 11.0. The first-order valence-corrected chi connectivity index (χ1v) is 13.1. The second kappa shape index (κ2) is 8.09. The molecule has 0 bridgehead atoms. The summed E-state index contributed by atoms with van der Waals surface area (Å²) in [7, 11) is 0. The molecule has 30 heavy (non-hydrogen) atoms. The number of aliphatic hydroxyl groups excluding tert-OH is 1. The van der Waals surface area contributed by atoms with Crippen molar-refractivity contribution in [3.63, 3.8) is 0 Å². The van der Waals surface area contributed by atoms with Gasteiger partial charge in [-0.2, -0.15) is 0 Å². The van der Waals surface area contributed by atoms with Crippen LogP contribution in [0.1, 0.15) is 99.8 Å². The van der Waals surface area contributed by atoms with E-state index in [9.17, 15) is 5.11 Å². The molecule has 0 aromatic carbocycles. The molecule has 4 aliphatic carbocycles. The molecular weight excluding hydrogens is 364 g/mol. The Balaban J connectivity index is 1.55. The standard InChI is InChI=1S/C29H48O/c1-18(2)21(5)19(3)16-20(4)25-10-11-26-24-9-8-22-17-23(30)12-14-28(22,6)27(24)13-15-29(25,26)7/h8,16,18,20-21,23-27,30H,9-15,17H2,1-7H3/t20-,21?,23-,24+,25-,26+,27+,28+,29-/m1/s1. The lowest BCUT2D eigenvalue weighted by Gasteiger charge is -2.58. The highest BCUT2D eigenvalue weighted by molar-refractivity contribution is 5.25. The molecule has 1 heteroatoms. The van der Waals surface area contributed by atoms with Gasteiger partial charge in [-0.25, -0.2) is 0 Å². The van der Waals surface area contributed by atoms with Crippen molar-refractivity contribution < 1.29 is 5.11 Å². The summed E-state index contributed by atoms with van der Waals surface area (Å²) in [5.74, 6) is 5.61. The van der Waals surface area contributed by atoms with Gasteiger partial charge in [0.2, 0.25) is 0 Å². The van der Waals surface area contributed by atoms with Crippen molar-refractivity contribution in [2.24, 2.45) is 52.3 Å². The van der Waals surface area contributed by atoms with E-state index in [1.807, 2.05) is 0 Å². The predicted molar refractivity (Wildman–Crippen MR) is 128 cm³/mol. The summed E-state index contributed by atoms with van der Waals surface area (Å²) in [5.41, 5.74) is 4.11. The molecule has 0 aromatic rings. The van der Waals surface area contributed by atoms with Gasteiger partial charge >= 0.3 is 0 Å². The Bertz CT molecular complexity index is 701. The van der Waals surface area contributed by atoms with Gasteiger partial charge in [0.1, 0.15) is 0 Å². The molecule has 0 aromatic heterocycles. The van der Waals surface area contributed by atoms with Crippen molar-refractivity contribution in [2.75, 3.05) is 0 Å². The van der Waals surface area contributed by atoms with Gasteiger partial charge in [-0.15, -0.1) is 0 Å². The highest BCUT2D eigenvalue weighted by Crippen LogP contribution is 2.67. The minimum Gasteiger partial charge on any atom is -0.393 e. The number of hydrogen-bond acceptors (Lipinski definition) is 1. The fourth-order valence-corrected chi connectivity index (χ4v) is 8.75. The van der Waals surface area contributed by atoms with E-state index in [2.05, 4.69) is 60.6 Å². The second-order valence-corrected chi connectivity index (χ2v) is 12.7. The van der Waals surface area contributed by atoms with E-state index in [0.717, 1.165) is 42.4 Å². The lowest BCUT2D eigenvalue weighted by molar-refractivity contribution is -0.0541. The minimum atomic E-state index is -0.0882. The molecule has 0 aliphatic heterocycles. The largest absolute Gasteiger partial charge is 0.393 e. The Kier molecular flexibility index (Phi) is 6.10. The van der Waals surface area contributed by atoms with Gasteiger partial charge in [0, 0.05) is 0 Å². The van der Waals surface area contributed by atoms with Gasteiger partial charge in [-0.1, -0.05) is 64.8 Å². The molecular formula is C29H48O. The molecule has 0 spiro atoms. The van der Waals surface area contributed by atoms with E-state index in [-0.39, 0.29) is 6.10 Å². The highest BCUT2D eigenvalue weighted by Gasteiger charge is 2.59. The molecule has 1 N–H and O–H groups in total. The van der Waals surface area contributed by atoms with Crippen molar-refractivity contribution in [2.45, 2.75) is 106 Å². The van der Waals surface area contributed by atoms with E-state index < -0.39 is 0 Å². The zero-order valence-electron chi connectivity index (χ0n) is 20.9. The van der Waals surface area contributed by atoms with Gasteiger partial charge in [-0.3, -0.25) is 0 Å². The highest BCUT2D eigenvalue weighted by atomic mass is 16.3. The van der Waals surface area contributed by atoms with E-state index in [1.54, 1.807) is 11.1 Å². The van der Waals surface area contributed by atoms with Crippen LogP contribution < -0.4 is 0 Å². The number of allylic oxidation sites excluding steroid dienone is 3. The summed E-state index contributed by atoms with van der Waals surface area (Å²) in [6.45, 7) is 17.2. The van der Waals surface area contributed by atoms with E-state index in [1.165, 1.54) is 38.5 Å². The van der Waals surface area contributed by atoms with E-state index in [0.29, 0.717) is 22.7 Å². The Morgan fingerprint density at radius 1 is 1.03 bits per heavy atom. The average molecular weight is 413 g/mol. The molecule has 0 amide bonds. The van der Waals surface area contributed by atoms with Crippen LogP contribution in [0.25, 0.3) is 0 Å². The molecule has 9 atom stereocenters. The second-order valence-electron chi connectivity index (χ2n) is 12.7. The maximum atomic E-state index is 10.2. The van der Waals surface area contributed by atoms with Crippen LogP contribution in [0.4, 0.5) is 0 Å². The molecule has 3 fully saturated rings. The van der Waals surface area contributed by atoms with Gasteiger partial charge in [0.05, 0.1) is 6.10 Å². The van der Waals surface area contributed by atoms with Crippen molar-refractivity contribution in [1.82, 2.24) is 0 Å². The maximum absolute atomic E-state index is 10.2. The van der Waals surface area contributed by atoms with Gasteiger partial charge in [0.15, 0.2) is 0 Å². The van der Waals surface area contributed by atoms with Crippen LogP contribution in [0, 0.1) is 52.3 Å². The van der Waals surface area contributed by atoms with Crippen LogP contribution in [0.15, 0.2) is 23.3 Å². The average Bonchev–Trinajstić information content (AvgIpc) is 3.05. The van der Waals surface area contributed by atoms with E-state index in [4.69, 9.17) is 0 Å². The molecule has 4 rings (SSSR count). The van der Waals surface area contributed by atoms with Crippen LogP contribution in [0.5, 0.6) is 0 Å². The number of hydrogen-bond donors (Lipinski definition) is 1. The molecule has 3 saturated carbocycles. The third-order valence-corrected chi connectivity index (χ3v) is 11.0. The van der Waals surface area contributed by atoms with E-state index >= 15 is 0 Å². The number of aliphatic hydroxyl groups is 1. The first kappa shape index (κ1) is 22.6. The van der Waals surface area contributed by atoms with Gasteiger partial charge in [0.25, 0.3) is 0 Å². The summed E-state index contributed by atoms with van der Waals surface area (Å²) >= 11 is 0. The maximum Gasteiger partial charge on any atom is 0.0577 e. The molecule has 1 unspecified atom stereocenters. The summed E-state index contributed by atoms with van der Waals surface area (Å²) in [5, 5.41) is 10.2. The van der Waals surface area contributed by atoms with Crippen LogP contribution in [-0.4, -0.2) is 11.2 Å². The topological polar surface area (TPSA) is 20.2 Å². The van der Waals surface area contributed by atoms with Crippen LogP contribution >= 0.6 is 0 Å². The number of fused-ring (bicyclic) bond motifs is 5. The normalized spacial score (nSPS) is 46.0. The first-order chi connectivity index (χ1) is 14.1. The van der Waals surface area contributed by atoms with Crippen molar-refractivity contribution in [3.8, 4) is 0 Å². The lowest BCUT2D eigenvalue weighted by Crippen LogP contribution is -2.50.